The highest BCUT2D eigenvalue weighted by molar-refractivity contribution is 5.96. The number of rotatable bonds is 6. The van der Waals surface area contributed by atoms with Gasteiger partial charge in [0.25, 0.3) is 5.91 Å². The van der Waals surface area contributed by atoms with Crippen LogP contribution in [0.2, 0.25) is 0 Å². The van der Waals surface area contributed by atoms with Crippen molar-refractivity contribution in [3.63, 3.8) is 0 Å². The van der Waals surface area contributed by atoms with Crippen LogP contribution in [0, 0.1) is 0 Å². The lowest BCUT2D eigenvalue weighted by atomic mass is 10.1. The molecule has 0 saturated carbocycles. The number of aromatic nitrogens is 1. The van der Waals surface area contributed by atoms with Gasteiger partial charge in [0.2, 0.25) is 0 Å². The van der Waals surface area contributed by atoms with Crippen molar-refractivity contribution in [3.8, 4) is 0 Å². The van der Waals surface area contributed by atoms with Gasteiger partial charge in [-0.1, -0.05) is 43.3 Å². The second-order valence-electron chi connectivity index (χ2n) is 5.97. The standard InChI is InChI=1S/C22H20N2O3/c1-2-16-6-3-10-19(14-16)24-20(25)15-27-21(26)12-11-18-8-4-7-17-9-5-13-23-22(17)18/h3-14H,2,15H2,1H3,(H,24,25)/b12-11+. The average molecular weight is 360 g/mol. The third-order valence-electron chi connectivity index (χ3n) is 4.03. The van der Waals surface area contributed by atoms with Crippen LogP contribution in [-0.4, -0.2) is 23.5 Å². The molecular weight excluding hydrogens is 340 g/mol. The number of anilines is 1. The van der Waals surface area contributed by atoms with Gasteiger partial charge in [-0.25, -0.2) is 4.79 Å². The minimum Gasteiger partial charge on any atom is -0.452 e. The summed E-state index contributed by atoms with van der Waals surface area (Å²) in [5.41, 5.74) is 3.42. The molecule has 1 N–H and O–H groups in total. The van der Waals surface area contributed by atoms with Crippen LogP contribution in [-0.2, 0) is 20.7 Å². The van der Waals surface area contributed by atoms with Crippen molar-refractivity contribution < 1.29 is 14.3 Å². The number of nitrogens with zero attached hydrogens (tertiary/aromatic N) is 1. The molecule has 0 aliphatic rings. The summed E-state index contributed by atoms with van der Waals surface area (Å²) < 4.78 is 5.01. The SMILES string of the molecule is CCc1cccc(NC(=O)COC(=O)/C=C/c2cccc3cccnc23)c1. The number of hydrogen-bond donors (Lipinski definition) is 1. The largest absolute Gasteiger partial charge is 0.452 e. The molecule has 27 heavy (non-hydrogen) atoms. The Morgan fingerprint density at radius 2 is 1.93 bits per heavy atom. The second-order valence-corrected chi connectivity index (χ2v) is 5.97. The van der Waals surface area contributed by atoms with Crippen molar-refractivity contribution >= 4 is 34.5 Å². The molecule has 0 atom stereocenters. The number of benzene rings is 2. The van der Waals surface area contributed by atoms with Gasteiger partial charge in [0, 0.05) is 28.9 Å². The fourth-order valence-corrected chi connectivity index (χ4v) is 2.67. The van der Waals surface area contributed by atoms with Crippen LogP contribution in [0.15, 0.2) is 66.9 Å². The van der Waals surface area contributed by atoms with Crippen molar-refractivity contribution in [1.82, 2.24) is 4.98 Å². The molecule has 5 heteroatoms. The van der Waals surface area contributed by atoms with E-state index in [1.807, 2.05) is 55.5 Å². The van der Waals surface area contributed by atoms with Crippen LogP contribution >= 0.6 is 0 Å². The first kappa shape index (κ1) is 18.3. The Hall–Kier alpha value is -3.47. The highest BCUT2D eigenvalue weighted by Crippen LogP contribution is 2.17. The lowest BCUT2D eigenvalue weighted by molar-refractivity contribution is -0.142. The Bertz CT molecular complexity index is 990. The third kappa shape index (κ3) is 5.01. The van der Waals surface area contributed by atoms with Gasteiger partial charge in [0.05, 0.1) is 5.52 Å². The van der Waals surface area contributed by atoms with Crippen LogP contribution < -0.4 is 5.32 Å². The second kappa shape index (κ2) is 8.76. The summed E-state index contributed by atoms with van der Waals surface area (Å²) in [4.78, 5) is 28.2. The van der Waals surface area contributed by atoms with Crippen molar-refractivity contribution in [1.29, 1.82) is 0 Å². The minimum atomic E-state index is -0.583. The Morgan fingerprint density at radius 1 is 1.11 bits per heavy atom. The first-order chi connectivity index (χ1) is 13.2. The van der Waals surface area contributed by atoms with Gasteiger partial charge in [0.15, 0.2) is 6.61 Å². The smallest absolute Gasteiger partial charge is 0.331 e. The number of para-hydroxylation sites is 1. The van der Waals surface area contributed by atoms with Gasteiger partial charge < -0.3 is 10.1 Å². The highest BCUT2D eigenvalue weighted by Gasteiger charge is 2.06. The molecule has 0 fully saturated rings. The van der Waals surface area contributed by atoms with Crippen LogP contribution in [0.5, 0.6) is 0 Å². The normalized spacial score (nSPS) is 10.9. The van der Waals surface area contributed by atoms with Crippen molar-refractivity contribution in [2.75, 3.05) is 11.9 Å². The molecule has 0 radical (unpaired) electrons. The number of ether oxygens (including phenoxy) is 1. The summed E-state index contributed by atoms with van der Waals surface area (Å²) in [6, 6.07) is 17.1. The monoisotopic (exact) mass is 360 g/mol. The van der Waals surface area contributed by atoms with Crippen LogP contribution in [0.3, 0.4) is 0 Å². The molecule has 0 bridgehead atoms. The topological polar surface area (TPSA) is 68.3 Å². The quantitative estimate of drug-likeness (QED) is 0.533. The lowest BCUT2D eigenvalue weighted by Crippen LogP contribution is -2.20. The molecule has 3 aromatic rings. The van der Waals surface area contributed by atoms with Gasteiger partial charge in [-0.2, -0.15) is 0 Å². The van der Waals surface area contributed by atoms with Crippen molar-refractivity contribution in [3.05, 3.63) is 78.0 Å². The van der Waals surface area contributed by atoms with E-state index >= 15 is 0 Å². The Balaban J connectivity index is 1.56. The summed E-state index contributed by atoms with van der Waals surface area (Å²) in [6.45, 7) is 1.70. The van der Waals surface area contributed by atoms with E-state index < -0.39 is 5.97 Å². The summed E-state index contributed by atoms with van der Waals surface area (Å²) in [7, 11) is 0. The first-order valence-corrected chi connectivity index (χ1v) is 8.73. The predicted octanol–water partition coefficient (Wildman–Crippen LogP) is 3.99. The number of hydrogen-bond acceptors (Lipinski definition) is 4. The number of esters is 1. The van der Waals surface area contributed by atoms with Gasteiger partial charge >= 0.3 is 5.97 Å². The fraction of sp³-hybridized carbons (Fsp3) is 0.136. The molecule has 3 rings (SSSR count). The van der Waals surface area contributed by atoms with E-state index in [2.05, 4.69) is 10.3 Å². The zero-order valence-electron chi connectivity index (χ0n) is 15.0. The minimum absolute atomic E-state index is 0.340. The number of aryl methyl sites for hydroxylation is 1. The van der Waals surface area contributed by atoms with E-state index in [1.165, 1.54) is 6.08 Å². The number of carbonyl (C=O) groups excluding carboxylic acids is 2. The third-order valence-corrected chi connectivity index (χ3v) is 4.03. The zero-order chi connectivity index (χ0) is 19.1. The summed E-state index contributed by atoms with van der Waals surface area (Å²) in [5.74, 6) is -0.961. The maximum atomic E-state index is 11.9. The molecule has 0 unspecified atom stereocenters. The Morgan fingerprint density at radius 3 is 2.78 bits per heavy atom. The molecule has 2 aromatic carbocycles. The fourth-order valence-electron chi connectivity index (χ4n) is 2.67. The number of pyridine rings is 1. The molecule has 136 valence electrons. The molecule has 1 amide bonds. The molecule has 1 heterocycles. The van der Waals surface area contributed by atoms with Gasteiger partial charge in [0.1, 0.15) is 0 Å². The number of nitrogens with one attached hydrogen (secondary N) is 1. The summed E-state index contributed by atoms with van der Waals surface area (Å²) in [5, 5.41) is 3.71. The molecule has 0 aliphatic carbocycles. The van der Waals surface area contributed by atoms with E-state index in [0.29, 0.717) is 5.69 Å². The highest BCUT2D eigenvalue weighted by atomic mass is 16.5. The first-order valence-electron chi connectivity index (χ1n) is 8.73. The van der Waals surface area contributed by atoms with E-state index in [0.717, 1.165) is 28.5 Å². The molecule has 0 spiro atoms. The maximum absolute atomic E-state index is 11.9. The molecule has 0 saturated heterocycles. The molecular formula is C22H20N2O3. The Labute approximate surface area is 157 Å². The number of carbonyl (C=O) groups is 2. The number of fused-ring (bicyclic) bond motifs is 1. The Kier molecular flexibility index (Phi) is 5.94. The number of amides is 1. The van der Waals surface area contributed by atoms with Gasteiger partial charge in [-0.15, -0.1) is 0 Å². The maximum Gasteiger partial charge on any atom is 0.331 e. The van der Waals surface area contributed by atoms with Crippen molar-refractivity contribution in [2.24, 2.45) is 0 Å². The van der Waals surface area contributed by atoms with Gasteiger partial charge in [-0.3, -0.25) is 9.78 Å². The van der Waals surface area contributed by atoms with Crippen LogP contribution in [0.4, 0.5) is 5.69 Å². The lowest BCUT2D eigenvalue weighted by Gasteiger charge is -2.06. The van der Waals surface area contributed by atoms with E-state index in [-0.39, 0.29) is 12.5 Å². The molecule has 5 nitrogen and oxygen atoms in total. The van der Waals surface area contributed by atoms with E-state index in [1.54, 1.807) is 18.3 Å². The van der Waals surface area contributed by atoms with Crippen molar-refractivity contribution in [2.45, 2.75) is 13.3 Å². The zero-order valence-corrected chi connectivity index (χ0v) is 15.0. The van der Waals surface area contributed by atoms with Crippen LogP contribution in [0.1, 0.15) is 18.1 Å². The molecule has 0 aliphatic heterocycles. The van der Waals surface area contributed by atoms with Gasteiger partial charge in [-0.05, 0) is 36.3 Å². The summed E-state index contributed by atoms with van der Waals surface area (Å²) in [6.07, 6.45) is 5.52. The van der Waals surface area contributed by atoms with Crippen LogP contribution in [0.25, 0.3) is 17.0 Å². The molecule has 1 aromatic heterocycles. The predicted molar refractivity (Wildman–Crippen MR) is 106 cm³/mol. The average Bonchev–Trinajstić information content (AvgIpc) is 2.70. The van der Waals surface area contributed by atoms with E-state index in [4.69, 9.17) is 4.74 Å². The summed E-state index contributed by atoms with van der Waals surface area (Å²) >= 11 is 0. The van der Waals surface area contributed by atoms with E-state index in [9.17, 15) is 9.59 Å².